The number of nitrogens with zero attached hydrogens (tertiary/aromatic N) is 2. The molecular weight excluding hydrogens is 435 g/mol. The first-order chi connectivity index (χ1) is 13.7. The van der Waals surface area contributed by atoms with E-state index in [2.05, 4.69) is 21.7 Å². The fourth-order valence-corrected chi connectivity index (χ4v) is 3.69. The number of hydrogen-bond acceptors (Lipinski definition) is 6. The fraction of sp³-hybridized carbons (Fsp3) is 0.0526. The van der Waals surface area contributed by atoms with Crippen LogP contribution < -0.4 is 10.6 Å². The van der Waals surface area contributed by atoms with E-state index >= 15 is 0 Å². The first-order valence-corrected chi connectivity index (χ1v) is 10.4. The minimum absolute atomic E-state index is 0.124. The van der Waals surface area contributed by atoms with Crippen molar-refractivity contribution >= 4 is 56.3 Å². The van der Waals surface area contributed by atoms with Gasteiger partial charge in [0.2, 0.25) is 0 Å². The number of aromatic nitrogens is 1. The second kappa shape index (κ2) is 8.27. The van der Waals surface area contributed by atoms with E-state index in [9.17, 15) is 18.2 Å². The Kier molecular flexibility index (Phi) is 5.96. The van der Waals surface area contributed by atoms with E-state index in [1.54, 1.807) is 37.3 Å². The number of benzene rings is 2. The number of anilines is 4. The van der Waals surface area contributed by atoms with Gasteiger partial charge in [-0.15, -0.1) is 0 Å². The van der Waals surface area contributed by atoms with Gasteiger partial charge in [0.25, 0.3) is 10.1 Å². The highest BCUT2D eigenvalue weighted by molar-refractivity contribution is 7.86. The summed E-state index contributed by atoms with van der Waals surface area (Å²) >= 11 is 11.7. The monoisotopic (exact) mass is 448 g/mol. The van der Waals surface area contributed by atoms with Crippen LogP contribution in [-0.2, 0) is 10.1 Å². The van der Waals surface area contributed by atoms with E-state index < -0.39 is 15.0 Å². The van der Waals surface area contributed by atoms with Crippen LogP contribution in [0.5, 0.6) is 0 Å². The number of aryl methyl sites for hydroxylation is 1. The van der Waals surface area contributed by atoms with Gasteiger partial charge >= 0.3 is 0 Å². The minimum Gasteiger partial charge on any atom is -0.340 e. The molecule has 2 aromatic carbocycles. The molecule has 0 saturated carbocycles. The van der Waals surface area contributed by atoms with Crippen LogP contribution in [0.2, 0.25) is 10.0 Å². The summed E-state index contributed by atoms with van der Waals surface area (Å²) in [5.41, 5.74) is 1.98. The van der Waals surface area contributed by atoms with E-state index in [0.717, 1.165) is 11.8 Å². The van der Waals surface area contributed by atoms with Crippen molar-refractivity contribution in [3.05, 3.63) is 69.7 Å². The molecule has 29 heavy (non-hydrogen) atoms. The zero-order valence-electron chi connectivity index (χ0n) is 14.9. The van der Waals surface area contributed by atoms with E-state index in [4.69, 9.17) is 23.2 Å². The Hall–Kier alpha value is -2.83. The van der Waals surface area contributed by atoms with Gasteiger partial charge in [-0.2, -0.15) is 13.7 Å². The molecule has 1 heterocycles. The van der Waals surface area contributed by atoms with E-state index in [0.29, 0.717) is 16.4 Å². The molecule has 0 saturated heterocycles. The van der Waals surface area contributed by atoms with Crippen LogP contribution in [0.1, 0.15) is 11.1 Å². The predicted molar refractivity (Wildman–Crippen MR) is 113 cm³/mol. The molecule has 0 aliphatic carbocycles. The number of hydrogen-bond donors (Lipinski definition) is 3. The first kappa shape index (κ1) is 20.9. The Morgan fingerprint density at radius 2 is 1.69 bits per heavy atom. The molecule has 148 valence electrons. The molecule has 7 nitrogen and oxygen atoms in total. The summed E-state index contributed by atoms with van der Waals surface area (Å²) in [6, 6.07) is 14.8. The lowest BCUT2D eigenvalue weighted by molar-refractivity contribution is 0.483. The smallest absolute Gasteiger partial charge is 0.296 e. The van der Waals surface area contributed by atoms with Crippen LogP contribution in [0.15, 0.2) is 53.4 Å². The molecular formula is C19H14Cl2N4O3S. The Morgan fingerprint density at radius 3 is 2.31 bits per heavy atom. The third kappa shape index (κ3) is 4.96. The molecule has 3 aromatic rings. The van der Waals surface area contributed by atoms with Gasteiger partial charge in [-0.3, -0.25) is 4.55 Å². The molecule has 0 amide bonds. The van der Waals surface area contributed by atoms with Gasteiger partial charge in [0.05, 0.1) is 10.6 Å². The average Bonchev–Trinajstić information content (AvgIpc) is 2.64. The third-order valence-electron chi connectivity index (χ3n) is 3.92. The second-order valence-corrected chi connectivity index (χ2v) is 8.27. The Bertz CT molecular complexity index is 1220. The maximum atomic E-state index is 11.5. The molecule has 3 rings (SSSR count). The number of nitrogens with one attached hydrogen (secondary N) is 2. The van der Waals surface area contributed by atoms with Crippen molar-refractivity contribution in [2.45, 2.75) is 11.8 Å². The minimum atomic E-state index is -4.51. The first-order valence-electron chi connectivity index (χ1n) is 8.16. The maximum absolute atomic E-state index is 11.5. The molecule has 0 aliphatic rings. The number of rotatable bonds is 5. The van der Waals surface area contributed by atoms with E-state index in [1.807, 2.05) is 0 Å². The molecule has 0 radical (unpaired) electrons. The highest BCUT2D eigenvalue weighted by Gasteiger charge is 2.17. The van der Waals surface area contributed by atoms with Crippen molar-refractivity contribution in [3.8, 4) is 6.07 Å². The van der Waals surface area contributed by atoms with E-state index in [1.165, 1.54) is 12.1 Å². The Morgan fingerprint density at radius 1 is 1.03 bits per heavy atom. The lowest BCUT2D eigenvalue weighted by Gasteiger charge is -2.14. The summed E-state index contributed by atoms with van der Waals surface area (Å²) in [4.78, 5) is 3.96. The third-order valence-corrected chi connectivity index (χ3v) is 5.50. The van der Waals surface area contributed by atoms with Crippen molar-refractivity contribution in [1.29, 1.82) is 5.26 Å². The molecule has 0 fully saturated rings. The zero-order chi connectivity index (χ0) is 21.2. The predicted octanol–water partition coefficient (Wildman–Crippen LogP) is 5.30. The van der Waals surface area contributed by atoms with Crippen LogP contribution in [0.3, 0.4) is 0 Å². The zero-order valence-corrected chi connectivity index (χ0v) is 17.3. The molecule has 0 bridgehead atoms. The highest BCUT2D eigenvalue weighted by atomic mass is 35.5. The summed E-state index contributed by atoms with van der Waals surface area (Å²) in [5, 5.41) is 16.0. The lowest BCUT2D eigenvalue weighted by Crippen LogP contribution is -2.04. The Balaban J connectivity index is 1.99. The van der Waals surface area contributed by atoms with Gasteiger partial charge in [-0.25, -0.2) is 4.98 Å². The summed E-state index contributed by atoms with van der Waals surface area (Å²) in [5.74, 6) is 0.683. The van der Waals surface area contributed by atoms with Crippen molar-refractivity contribution in [3.63, 3.8) is 0 Å². The van der Waals surface area contributed by atoms with Crippen molar-refractivity contribution in [1.82, 2.24) is 4.98 Å². The number of halogens is 2. The fourth-order valence-electron chi connectivity index (χ4n) is 2.56. The van der Waals surface area contributed by atoms with Gasteiger partial charge < -0.3 is 10.6 Å². The van der Waals surface area contributed by atoms with Gasteiger partial charge in [0.1, 0.15) is 16.8 Å². The van der Waals surface area contributed by atoms with Gasteiger partial charge in [-0.05, 0) is 61.0 Å². The van der Waals surface area contributed by atoms with Crippen molar-refractivity contribution < 1.29 is 13.0 Å². The van der Waals surface area contributed by atoms with Crippen LogP contribution in [0.4, 0.5) is 23.0 Å². The van der Waals surface area contributed by atoms with Crippen LogP contribution in [-0.4, -0.2) is 18.0 Å². The largest absolute Gasteiger partial charge is 0.340 e. The molecule has 3 N–H and O–H groups in total. The molecule has 10 heteroatoms. The lowest BCUT2D eigenvalue weighted by atomic mass is 10.1. The summed E-state index contributed by atoms with van der Waals surface area (Å²) in [6.07, 6.45) is 0. The standard InChI is InChI=1S/C19H14Cl2N4O3S/c1-11-8-18(23-13-4-2-12(20)3-5-13)25-19(15(11)10-22)24-14-6-7-16(21)17(9-14)29(26,27)28/h2-9H,1H3,(H2,23,24,25)(H,26,27,28). The summed E-state index contributed by atoms with van der Waals surface area (Å²) in [7, 11) is -4.51. The normalized spacial score (nSPS) is 11.0. The molecule has 0 spiro atoms. The van der Waals surface area contributed by atoms with Crippen molar-refractivity contribution in [2.75, 3.05) is 10.6 Å². The maximum Gasteiger partial charge on any atom is 0.296 e. The quantitative estimate of drug-likeness (QED) is 0.453. The van der Waals surface area contributed by atoms with Gasteiger partial charge in [0.15, 0.2) is 5.82 Å². The summed E-state index contributed by atoms with van der Waals surface area (Å²) in [6.45, 7) is 1.75. The topological polar surface area (TPSA) is 115 Å². The number of nitriles is 1. The SMILES string of the molecule is Cc1cc(Nc2ccc(Cl)cc2)nc(Nc2ccc(Cl)c(S(=O)(=O)O)c2)c1C#N. The molecule has 0 atom stereocenters. The molecule has 0 unspecified atom stereocenters. The second-order valence-electron chi connectivity index (χ2n) is 6.04. The summed E-state index contributed by atoms with van der Waals surface area (Å²) < 4.78 is 32.3. The van der Waals surface area contributed by atoms with Gasteiger partial charge in [-0.1, -0.05) is 23.2 Å². The van der Waals surface area contributed by atoms with E-state index in [-0.39, 0.29) is 22.1 Å². The molecule has 1 aromatic heterocycles. The average molecular weight is 449 g/mol. The molecule has 0 aliphatic heterocycles. The van der Waals surface area contributed by atoms with Crippen LogP contribution in [0, 0.1) is 18.3 Å². The van der Waals surface area contributed by atoms with Crippen molar-refractivity contribution in [2.24, 2.45) is 0 Å². The van der Waals surface area contributed by atoms with Gasteiger partial charge in [0, 0.05) is 16.4 Å². The van der Waals surface area contributed by atoms with Crippen LogP contribution >= 0.6 is 23.2 Å². The Labute approximate surface area is 177 Å². The number of pyridine rings is 1. The highest BCUT2D eigenvalue weighted by Crippen LogP contribution is 2.29. The van der Waals surface area contributed by atoms with Crippen LogP contribution in [0.25, 0.3) is 0 Å².